The van der Waals surface area contributed by atoms with Gasteiger partial charge >= 0.3 is 0 Å². The molecule has 0 amide bonds. The summed E-state index contributed by atoms with van der Waals surface area (Å²) in [5.74, 6) is 2.13. The number of nitrogens with zero attached hydrogens (tertiary/aromatic N) is 2. The van der Waals surface area contributed by atoms with Gasteiger partial charge in [-0.3, -0.25) is 0 Å². The third kappa shape index (κ3) is 3.56. The lowest BCUT2D eigenvalue weighted by Gasteiger charge is -2.12. The molecule has 0 spiro atoms. The smallest absolute Gasteiger partial charge is 0.139 e. The Balaban J connectivity index is 2.30. The van der Waals surface area contributed by atoms with Gasteiger partial charge in [-0.25, -0.2) is 9.97 Å². The van der Waals surface area contributed by atoms with Crippen LogP contribution in [0.4, 0.5) is 17.3 Å². The Morgan fingerprint density at radius 3 is 2.53 bits per heavy atom. The van der Waals surface area contributed by atoms with Crippen LogP contribution in [0.2, 0.25) is 0 Å². The number of anilines is 3. The standard InChI is InChI=1S/C14H17IN4/c1-3-4-12-18-13(16)9(2)14(19-12)17-11-7-5-10(15)6-8-11/h5-8H,3-4H2,1-2H3,(H3,16,17,18,19). The van der Waals surface area contributed by atoms with Crippen LogP contribution in [0.1, 0.15) is 24.7 Å². The van der Waals surface area contributed by atoms with Gasteiger partial charge in [0.25, 0.3) is 0 Å². The van der Waals surface area contributed by atoms with Gasteiger partial charge < -0.3 is 11.1 Å². The predicted molar refractivity (Wildman–Crippen MR) is 87.6 cm³/mol. The Hall–Kier alpha value is -1.37. The van der Waals surface area contributed by atoms with Gasteiger partial charge in [0.2, 0.25) is 0 Å². The molecule has 0 fully saturated rings. The number of aromatic nitrogens is 2. The van der Waals surface area contributed by atoms with Crippen molar-refractivity contribution in [3.05, 3.63) is 39.2 Å². The van der Waals surface area contributed by atoms with Crippen LogP contribution in [-0.2, 0) is 6.42 Å². The summed E-state index contributed by atoms with van der Waals surface area (Å²) in [4.78, 5) is 8.84. The largest absolute Gasteiger partial charge is 0.383 e. The van der Waals surface area contributed by atoms with E-state index in [1.807, 2.05) is 19.1 Å². The van der Waals surface area contributed by atoms with Crippen molar-refractivity contribution in [2.75, 3.05) is 11.1 Å². The zero-order chi connectivity index (χ0) is 13.8. The molecule has 0 unspecified atom stereocenters. The van der Waals surface area contributed by atoms with Crippen molar-refractivity contribution < 1.29 is 0 Å². The van der Waals surface area contributed by atoms with E-state index in [-0.39, 0.29) is 0 Å². The molecule has 100 valence electrons. The molecule has 3 N–H and O–H groups in total. The fourth-order valence-corrected chi connectivity index (χ4v) is 2.07. The van der Waals surface area contributed by atoms with E-state index in [9.17, 15) is 0 Å². The SMILES string of the molecule is CCCc1nc(N)c(C)c(Nc2ccc(I)cc2)n1. The summed E-state index contributed by atoms with van der Waals surface area (Å²) in [6, 6.07) is 8.16. The molecule has 1 heterocycles. The van der Waals surface area contributed by atoms with Crippen molar-refractivity contribution in [3.8, 4) is 0 Å². The molecule has 0 aliphatic rings. The molecule has 2 rings (SSSR count). The third-order valence-electron chi connectivity index (χ3n) is 2.81. The van der Waals surface area contributed by atoms with Gasteiger partial charge in [-0.15, -0.1) is 0 Å². The Bertz CT molecular complexity index is 566. The molecule has 0 aliphatic heterocycles. The van der Waals surface area contributed by atoms with Crippen molar-refractivity contribution in [2.45, 2.75) is 26.7 Å². The minimum absolute atomic E-state index is 0.548. The van der Waals surface area contributed by atoms with Gasteiger partial charge in [0.1, 0.15) is 17.5 Å². The first-order chi connectivity index (χ1) is 9.10. The summed E-state index contributed by atoms with van der Waals surface area (Å²) < 4.78 is 1.20. The van der Waals surface area contributed by atoms with E-state index >= 15 is 0 Å². The summed E-state index contributed by atoms with van der Waals surface area (Å²) in [5, 5.41) is 3.30. The van der Waals surface area contributed by atoms with Crippen LogP contribution in [0.3, 0.4) is 0 Å². The normalized spacial score (nSPS) is 10.5. The summed E-state index contributed by atoms with van der Waals surface area (Å²) in [6.45, 7) is 4.03. The summed E-state index contributed by atoms with van der Waals surface area (Å²) in [6.07, 6.45) is 1.84. The highest BCUT2D eigenvalue weighted by Crippen LogP contribution is 2.22. The number of aryl methyl sites for hydroxylation is 1. The Morgan fingerprint density at radius 2 is 1.89 bits per heavy atom. The van der Waals surface area contributed by atoms with Crippen LogP contribution in [0.25, 0.3) is 0 Å². The van der Waals surface area contributed by atoms with E-state index in [1.165, 1.54) is 3.57 Å². The molecule has 4 nitrogen and oxygen atoms in total. The highest BCUT2D eigenvalue weighted by molar-refractivity contribution is 14.1. The topological polar surface area (TPSA) is 63.8 Å². The zero-order valence-electron chi connectivity index (χ0n) is 11.1. The quantitative estimate of drug-likeness (QED) is 0.809. The lowest BCUT2D eigenvalue weighted by molar-refractivity contribution is 0.836. The average Bonchev–Trinajstić information content (AvgIpc) is 2.38. The maximum absolute atomic E-state index is 5.94. The lowest BCUT2D eigenvalue weighted by atomic mass is 10.2. The molecule has 19 heavy (non-hydrogen) atoms. The van der Waals surface area contributed by atoms with E-state index in [4.69, 9.17) is 5.73 Å². The maximum Gasteiger partial charge on any atom is 0.139 e. The van der Waals surface area contributed by atoms with Gasteiger partial charge in [0.05, 0.1) is 0 Å². The van der Waals surface area contributed by atoms with Gasteiger partial charge in [-0.2, -0.15) is 0 Å². The number of nitrogens with one attached hydrogen (secondary N) is 1. The van der Waals surface area contributed by atoms with E-state index < -0.39 is 0 Å². The third-order valence-corrected chi connectivity index (χ3v) is 3.53. The maximum atomic E-state index is 5.94. The first-order valence-electron chi connectivity index (χ1n) is 6.25. The molecule has 5 heteroatoms. The first-order valence-corrected chi connectivity index (χ1v) is 7.33. The van der Waals surface area contributed by atoms with Crippen LogP contribution < -0.4 is 11.1 Å². The molecule has 1 aromatic carbocycles. The molecule has 1 aromatic heterocycles. The molecule has 0 aliphatic carbocycles. The van der Waals surface area contributed by atoms with Gasteiger partial charge in [0.15, 0.2) is 0 Å². The second kappa shape index (κ2) is 6.18. The lowest BCUT2D eigenvalue weighted by Crippen LogP contribution is -2.07. The fraction of sp³-hybridized carbons (Fsp3) is 0.286. The number of halogens is 1. The predicted octanol–water partition coefficient (Wildman–Crippen LogP) is 3.67. The summed E-state index contributed by atoms with van der Waals surface area (Å²) in [7, 11) is 0. The molecule has 0 saturated heterocycles. The highest BCUT2D eigenvalue weighted by atomic mass is 127. The average molecular weight is 368 g/mol. The van der Waals surface area contributed by atoms with E-state index in [1.54, 1.807) is 0 Å². The molecular formula is C14H17IN4. The molecular weight excluding hydrogens is 351 g/mol. The van der Waals surface area contributed by atoms with Crippen molar-refractivity contribution in [1.29, 1.82) is 0 Å². The van der Waals surface area contributed by atoms with Gasteiger partial charge in [0, 0.05) is 21.2 Å². The fourth-order valence-electron chi connectivity index (χ4n) is 1.71. The van der Waals surface area contributed by atoms with Crippen LogP contribution in [0.15, 0.2) is 24.3 Å². The molecule has 0 radical (unpaired) electrons. The molecule has 0 atom stereocenters. The van der Waals surface area contributed by atoms with Crippen molar-refractivity contribution in [3.63, 3.8) is 0 Å². The van der Waals surface area contributed by atoms with Crippen LogP contribution in [0, 0.1) is 10.5 Å². The Morgan fingerprint density at radius 1 is 1.21 bits per heavy atom. The minimum atomic E-state index is 0.548. The Labute approximate surface area is 127 Å². The van der Waals surface area contributed by atoms with E-state index in [0.29, 0.717) is 5.82 Å². The summed E-state index contributed by atoms with van der Waals surface area (Å²) in [5.41, 5.74) is 7.83. The van der Waals surface area contributed by atoms with Crippen LogP contribution in [0.5, 0.6) is 0 Å². The van der Waals surface area contributed by atoms with Crippen molar-refractivity contribution in [2.24, 2.45) is 0 Å². The molecule has 0 saturated carbocycles. The first kappa shape index (κ1) is 14.0. The number of hydrogen-bond acceptors (Lipinski definition) is 4. The molecule has 2 aromatic rings. The highest BCUT2D eigenvalue weighted by Gasteiger charge is 2.08. The monoisotopic (exact) mass is 368 g/mol. The Kier molecular flexibility index (Phi) is 4.57. The number of rotatable bonds is 4. The van der Waals surface area contributed by atoms with E-state index in [0.717, 1.165) is 35.7 Å². The van der Waals surface area contributed by atoms with Gasteiger partial charge in [-0.05, 0) is 60.2 Å². The van der Waals surface area contributed by atoms with Crippen LogP contribution >= 0.6 is 22.6 Å². The number of benzene rings is 1. The van der Waals surface area contributed by atoms with Gasteiger partial charge in [-0.1, -0.05) is 6.92 Å². The summed E-state index contributed by atoms with van der Waals surface area (Å²) >= 11 is 2.28. The number of nitrogens with two attached hydrogens (primary N) is 1. The van der Waals surface area contributed by atoms with Crippen LogP contribution in [-0.4, -0.2) is 9.97 Å². The van der Waals surface area contributed by atoms with Crippen molar-refractivity contribution in [1.82, 2.24) is 9.97 Å². The second-order valence-corrected chi connectivity index (χ2v) is 5.63. The second-order valence-electron chi connectivity index (χ2n) is 4.38. The number of hydrogen-bond donors (Lipinski definition) is 2. The zero-order valence-corrected chi connectivity index (χ0v) is 13.2. The molecule has 0 bridgehead atoms. The number of nitrogen functional groups attached to an aromatic ring is 1. The van der Waals surface area contributed by atoms with Crippen molar-refractivity contribution >= 4 is 39.9 Å². The van der Waals surface area contributed by atoms with E-state index in [2.05, 4.69) is 56.9 Å². The minimum Gasteiger partial charge on any atom is -0.383 e.